The van der Waals surface area contributed by atoms with Crippen molar-refractivity contribution in [2.45, 2.75) is 24.9 Å². The first kappa shape index (κ1) is 8.72. The Labute approximate surface area is 76.9 Å². The normalized spacial score (nSPS) is 18.9. The van der Waals surface area contributed by atoms with Crippen molar-refractivity contribution in [3.63, 3.8) is 0 Å². The van der Waals surface area contributed by atoms with Crippen molar-refractivity contribution in [2.24, 2.45) is 0 Å². The molecule has 72 valence electrons. The Bertz CT molecular complexity index is 281. The van der Waals surface area contributed by atoms with Gasteiger partial charge in [0.15, 0.2) is 0 Å². The van der Waals surface area contributed by atoms with Crippen LogP contribution >= 0.6 is 0 Å². The summed E-state index contributed by atoms with van der Waals surface area (Å²) in [5, 5.41) is 16.3. The van der Waals surface area contributed by atoms with Crippen LogP contribution in [0.5, 0.6) is 0 Å². The van der Waals surface area contributed by atoms with Crippen molar-refractivity contribution in [1.29, 1.82) is 0 Å². The highest BCUT2D eigenvalue weighted by molar-refractivity contribution is 5.16. The van der Waals surface area contributed by atoms with E-state index in [1.54, 1.807) is 7.05 Å². The van der Waals surface area contributed by atoms with Crippen molar-refractivity contribution in [3.05, 3.63) is 17.5 Å². The molecule has 1 aromatic heterocycles. The Kier molecular flexibility index (Phi) is 2.33. The molecule has 1 aliphatic carbocycles. The van der Waals surface area contributed by atoms with Crippen molar-refractivity contribution >= 4 is 0 Å². The average molecular weight is 182 g/mol. The molecule has 0 amide bonds. The monoisotopic (exact) mass is 182 g/mol. The van der Waals surface area contributed by atoms with Gasteiger partial charge in [0.05, 0.1) is 0 Å². The second-order valence-electron chi connectivity index (χ2n) is 3.50. The zero-order chi connectivity index (χ0) is 9.26. The SMILES string of the molecule is CNCC(O)c1cc(C2CC2)on1. The number of rotatable bonds is 4. The molecule has 0 aliphatic heterocycles. The molecule has 1 heterocycles. The summed E-state index contributed by atoms with van der Waals surface area (Å²) in [5.41, 5.74) is 0.635. The van der Waals surface area contributed by atoms with Gasteiger partial charge in [0.1, 0.15) is 17.6 Å². The van der Waals surface area contributed by atoms with E-state index in [0.717, 1.165) is 5.76 Å². The molecule has 1 unspecified atom stereocenters. The number of aliphatic hydroxyl groups is 1. The molecule has 13 heavy (non-hydrogen) atoms. The molecule has 1 aliphatic rings. The van der Waals surface area contributed by atoms with Crippen LogP contribution in [0.3, 0.4) is 0 Å². The second kappa shape index (κ2) is 3.47. The molecule has 1 atom stereocenters. The molecule has 1 fully saturated rings. The first-order chi connectivity index (χ1) is 6.31. The maximum Gasteiger partial charge on any atom is 0.140 e. The summed E-state index contributed by atoms with van der Waals surface area (Å²) in [7, 11) is 1.80. The summed E-state index contributed by atoms with van der Waals surface area (Å²) in [4.78, 5) is 0. The number of aromatic nitrogens is 1. The van der Waals surface area contributed by atoms with Crippen LogP contribution in [0.1, 0.15) is 36.3 Å². The zero-order valence-electron chi connectivity index (χ0n) is 7.66. The van der Waals surface area contributed by atoms with E-state index >= 15 is 0 Å². The van der Waals surface area contributed by atoms with Crippen molar-refractivity contribution in [3.8, 4) is 0 Å². The molecule has 2 N–H and O–H groups in total. The minimum Gasteiger partial charge on any atom is -0.385 e. The van der Waals surface area contributed by atoms with Crippen LogP contribution in [0.4, 0.5) is 0 Å². The predicted molar refractivity (Wildman–Crippen MR) is 47.4 cm³/mol. The summed E-state index contributed by atoms with van der Waals surface area (Å²) < 4.78 is 5.12. The maximum atomic E-state index is 9.55. The first-order valence-electron chi connectivity index (χ1n) is 4.60. The Morgan fingerprint density at radius 2 is 2.54 bits per heavy atom. The van der Waals surface area contributed by atoms with Gasteiger partial charge in [-0.05, 0) is 19.9 Å². The van der Waals surface area contributed by atoms with Crippen molar-refractivity contribution < 1.29 is 9.63 Å². The molecule has 0 aromatic carbocycles. The molecule has 1 saturated carbocycles. The molecular formula is C9H14N2O2. The number of hydrogen-bond acceptors (Lipinski definition) is 4. The van der Waals surface area contributed by atoms with Gasteiger partial charge in [-0.1, -0.05) is 5.16 Å². The van der Waals surface area contributed by atoms with E-state index in [2.05, 4.69) is 10.5 Å². The summed E-state index contributed by atoms with van der Waals surface area (Å²) in [5.74, 6) is 1.48. The third-order valence-corrected chi connectivity index (χ3v) is 2.27. The first-order valence-corrected chi connectivity index (χ1v) is 4.60. The molecule has 4 nitrogen and oxygen atoms in total. The lowest BCUT2D eigenvalue weighted by molar-refractivity contribution is 0.167. The summed E-state index contributed by atoms with van der Waals surface area (Å²) in [6, 6.07) is 1.86. The van der Waals surface area contributed by atoms with Crippen LogP contribution in [-0.2, 0) is 0 Å². The zero-order valence-corrected chi connectivity index (χ0v) is 7.66. The van der Waals surface area contributed by atoms with E-state index < -0.39 is 6.10 Å². The number of hydrogen-bond donors (Lipinski definition) is 2. The van der Waals surface area contributed by atoms with E-state index in [1.807, 2.05) is 6.07 Å². The van der Waals surface area contributed by atoms with Crippen LogP contribution in [0, 0.1) is 0 Å². The third-order valence-electron chi connectivity index (χ3n) is 2.27. The van der Waals surface area contributed by atoms with Crippen LogP contribution < -0.4 is 5.32 Å². The van der Waals surface area contributed by atoms with Gasteiger partial charge in [0.25, 0.3) is 0 Å². The minimum atomic E-state index is -0.554. The lowest BCUT2D eigenvalue weighted by atomic mass is 10.2. The summed E-state index contributed by atoms with van der Waals surface area (Å²) in [6.45, 7) is 0.511. The largest absolute Gasteiger partial charge is 0.385 e. The highest BCUT2D eigenvalue weighted by atomic mass is 16.5. The molecule has 0 radical (unpaired) electrons. The van der Waals surface area contributed by atoms with Crippen molar-refractivity contribution in [2.75, 3.05) is 13.6 Å². The van der Waals surface area contributed by atoms with Crippen LogP contribution in [-0.4, -0.2) is 23.9 Å². The molecule has 0 spiro atoms. The number of aliphatic hydroxyl groups excluding tert-OH is 1. The standard InChI is InChI=1S/C9H14N2O2/c1-10-5-8(12)7-4-9(13-11-7)6-2-3-6/h4,6,8,10,12H,2-3,5H2,1H3. The van der Waals surface area contributed by atoms with Crippen LogP contribution in [0.25, 0.3) is 0 Å². The smallest absolute Gasteiger partial charge is 0.140 e. The Hall–Kier alpha value is -0.870. The maximum absolute atomic E-state index is 9.55. The Morgan fingerprint density at radius 3 is 3.15 bits per heavy atom. The highest BCUT2D eigenvalue weighted by Crippen LogP contribution is 2.40. The van der Waals surface area contributed by atoms with Crippen LogP contribution in [0.2, 0.25) is 0 Å². The third kappa shape index (κ3) is 1.89. The fourth-order valence-corrected chi connectivity index (χ4v) is 1.32. The van der Waals surface area contributed by atoms with Gasteiger partial charge in [0, 0.05) is 18.5 Å². The van der Waals surface area contributed by atoms with E-state index in [0.29, 0.717) is 18.2 Å². The topological polar surface area (TPSA) is 58.3 Å². The highest BCUT2D eigenvalue weighted by Gasteiger charge is 2.28. The van der Waals surface area contributed by atoms with E-state index in [-0.39, 0.29) is 0 Å². The lowest BCUT2D eigenvalue weighted by Crippen LogP contribution is -2.16. The molecular weight excluding hydrogens is 168 g/mol. The van der Waals surface area contributed by atoms with Gasteiger partial charge in [-0.15, -0.1) is 0 Å². The minimum absolute atomic E-state index is 0.511. The fraction of sp³-hybridized carbons (Fsp3) is 0.667. The van der Waals surface area contributed by atoms with Crippen LogP contribution in [0.15, 0.2) is 10.6 Å². The lowest BCUT2D eigenvalue weighted by Gasteiger charge is -2.03. The summed E-state index contributed by atoms with van der Waals surface area (Å²) in [6.07, 6.45) is 1.83. The molecule has 1 aromatic rings. The number of nitrogens with zero attached hydrogens (tertiary/aromatic N) is 1. The number of likely N-dealkylation sites (N-methyl/N-ethyl adjacent to an activating group) is 1. The van der Waals surface area contributed by atoms with Gasteiger partial charge >= 0.3 is 0 Å². The Balaban J connectivity index is 2.03. The van der Waals surface area contributed by atoms with Gasteiger partial charge in [-0.2, -0.15) is 0 Å². The molecule has 2 rings (SSSR count). The van der Waals surface area contributed by atoms with Gasteiger partial charge in [0.2, 0.25) is 0 Å². The number of nitrogens with one attached hydrogen (secondary N) is 1. The summed E-state index contributed by atoms with van der Waals surface area (Å²) >= 11 is 0. The van der Waals surface area contributed by atoms with E-state index in [9.17, 15) is 5.11 Å². The second-order valence-corrected chi connectivity index (χ2v) is 3.50. The van der Waals surface area contributed by atoms with E-state index in [4.69, 9.17) is 4.52 Å². The van der Waals surface area contributed by atoms with Gasteiger partial charge in [-0.25, -0.2) is 0 Å². The Morgan fingerprint density at radius 1 is 1.77 bits per heavy atom. The van der Waals surface area contributed by atoms with Gasteiger partial charge in [-0.3, -0.25) is 0 Å². The molecule has 0 bridgehead atoms. The average Bonchev–Trinajstić information content (AvgIpc) is 2.84. The fourth-order valence-electron chi connectivity index (χ4n) is 1.32. The predicted octanol–water partition coefficient (Wildman–Crippen LogP) is 0.805. The van der Waals surface area contributed by atoms with E-state index in [1.165, 1.54) is 12.8 Å². The van der Waals surface area contributed by atoms with Crippen molar-refractivity contribution in [1.82, 2.24) is 10.5 Å². The molecule has 4 heteroatoms. The quantitative estimate of drug-likeness (QED) is 0.723. The molecule has 0 saturated heterocycles. The van der Waals surface area contributed by atoms with Gasteiger partial charge < -0.3 is 14.9 Å².